The molecule has 0 aliphatic carbocycles. The summed E-state index contributed by atoms with van der Waals surface area (Å²) in [5, 5.41) is 14.1. The minimum absolute atomic E-state index is 0.116. The second-order valence-electron chi connectivity index (χ2n) is 5.07. The zero-order chi connectivity index (χ0) is 14.7. The van der Waals surface area contributed by atoms with Crippen molar-refractivity contribution >= 4 is 5.69 Å². The molecule has 0 bridgehead atoms. The molecule has 1 N–H and O–H groups in total. The van der Waals surface area contributed by atoms with Gasteiger partial charge in [-0.2, -0.15) is 0 Å². The van der Waals surface area contributed by atoms with E-state index in [4.69, 9.17) is 4.74 Å². The number of hydrogen-bond donors (Lipinski definition) is 1. The fourth-order valence-electron chi connectivity index (χ4n) is 2.53. The van der Waals surface area contributed by atoms with E-state index in [2.05, 4.69) is 17.4 Å². The molecule has 1 aliphatic rings. The molecule has 5 nitrogen and oxygen atoms in total. The van der Waals surface area contributed by atoms with Gasteiger partial charge in [0.15, 0.2) is 0 Å². The molecule has 1 atom stereocenters. The standard InChI is InChI=1S/C16H16N2O3/c19-18(20)14-7-5-12(6-8-14)9-17-16-11-21-10-13-3-1-2-4-15(13)16/h1-8,16-17H,9-11H2. The number of fused-ring (bicyclic) bond motifs is 1. The van der Waals surface area contributed by atoms with Gasteiger partial charge in [0.25, 0.3) is 5.69 Å². The van der Waals surface area contributed by atoms with Gasteiger partial charge in [-0.25, -0.2) is 0 Å². The van der Waals surface area contributed by atoms with Crippen LogP contribution in [0.1, 0.15) is 22.7 Å². The van der Waals surface area contributed by atoms with Gasteiger partial charge >= 0.3 is 0 Å². The monoisotopic (exact) mass is 284 g/mol. The summed E-state index contributed by atoms with van der Waals surface area (Å²) in [5.74, 6) is 0. The summed E-state index contributed by atoms with van der Waals surface area (Å²) in [5.41, 5.74) is 3.62. The third kappa shape index (κ3) is 3.09. The number of non-ortho nitro benzene ring substituents is 1. The van der Waals surface area contributed by atoms with Crippen LogP contribution < -0.4 is 5.32 Å². The number of benzene rings is 2. The van der Waals surface area contributed by atoms with Crippen molar-refractivity contribution in [3.63, 3.8) is 0 Å². The van der Waals surface area contributed by atoms with Gasteiger partial charge in [-0.05, 0) is 16.7 Å². The molecule has 0 saturated carbocycles. The minimum atomic E-state index is -0.386. The van der Waals surface area contributed by atoms with Crippen molar-refractivity contribution in [2.24, 2.45) is 0 Å². The Morgan fingerprint density at radius 1 is 1.19 bits per heavy atom. The van der Waals surface area contributed by atoms with E-state index in [9.17, 15) is 10.1 Å². The Labute approximate surface area is 122 Å². The van der Waals surface area contributed by atoms with E-state index in [1.165, 1.54) is 23.3 Å². The number of nitrogens with one attached hydrogen (secondary N) is 1. The van der Waals surface area contributed by atoms with Gasteiger partial charge < -0.3 is 10.1 Å². The quantitative estimate of drug-likeness (QED) is 0.692. The zero-order valence-electron chi connectivity index (χ0n) is 11.5. The van der Waals surface area contributed by atoms with Crippen LogP contribution in [0.3, 0.4) is 0 Å². The number of rotatable bonds is 4. The van der Waals surface area contributed by atoms with E-state index in [0.29, 0.717) is 19.8 Å². The van der Waals surface area contributed by atoms with Crippen molar-refractivity contribution in [2.75, 3.05) is 6.61 Å². The predicted molar refractivity (Wildman–Crippen MR) is 78.8 cm³/mol. The Bertz CT molecular complexity index is 640. The number of hydrogen-bond acceptors (Lipinski definition) is 4. The Kier molecular flexibility index (Phi) is 3.94. The third-order valence-electron chi connectivity index (χ3n) is 3.67. The highest BCUT2D eigenvalue weighted by atomic mass is 16.6. The summed E-state index contributed by atoms with van der Waals surface area (Å²) in [7, 11) is 0. The van der Waals surface area contributed by atoms with E-state index < -0.39 is 0 Å². The Balaban J connectivity index is 1.67. The fraction of sp³-hybridized carbons (Fsp3) is 0.250. The second-order valence-corrected chi connectivity index (χ2v) is 5.07. The highest BCUT2D eigenvalue weighted by Crippen LogP contribution is 2.24. The first-order valence-electron chi connectivity index (χ1n) is 6.86. The first kappa shape index (κ1) is 13.7. The van der Waals surface area contributed by atoms with Gasteiger partial charge in [-0.3, -0.25) is 10.1 Å². The predicted octanol–water partition coefficient (Wildman–Crippen LogP) is 2.96. The van der Waals surface area contributed by atoms with Gasteiger partial charge in [-0.15, -0.1) is 0 Å². The molecule has 0 fully saturated rings. The van der Waals surface area contributed by atoms with Crippen LogP contribution in [0, 0.1) is 10.1 Å². The third-order valence-corrected chi connectivity index (χ3v) is 3.67. The van der Waals surface area contributed by atoms with Crippen molar-refractivity contribution in [2.45, 2.75) is 19.2 Å². The van der Waals surface area contributed by atoms with E-state index in [1.54, 1.807) is 12.1 Å². The molecule has 0 aromatic heterocycles. The van der Waals surface area contributed by atoms with E-state index in [-0.39, 0.29) is 16.7 Å². The molecule has 1 aliphatic heterocycles. The smallest absolute Gasteiger partial charge is 0.269 e. The van der Waals surface area contributed by atoms with Gasteiger partial charge in [0, 0.05) is 18.7 Å². The lowest BCUT2D eigenvalue weighted by molar-refractivity contribution is -0.384. The van der Waals surface area contributed by atoms with Gasteiger partial charge in [-0.1, -0.05) is 36.4 Å². The highest BCUT2D eigenvalue weighted by molar-refractivity contribution is 5.34. The van der Waals surface area contributed by atoms with Crippen molar-refractivity contribution in [1.29, 1.82) is 0 Å². The first-order valence-corrected chi connectivity index (χ1v) is 6.86. The van der Waals surface area contributed by atoms with E-state index in [0.717, 1.165) is 5.56 Å². The van der Waals surface area contributed by atoms with Crippen LogP contribution in [-0.2, 0) is 17.9 Å². The maximum absolute atomic E-state index is 10.6. The van der Waals surface area contributed by atoms with Crippen molar-refractivity contribution < 1.29 is 9.66 Å². The normalized spacial score (nSPS) is 17.2. The van der Waals surface area contributed by atoms with Crippen molar-refractivity contribution in [3.05, 3.63) is 75.3 Å². The summed E-state index contributed by atoms with van der Waals surface area (Å²) in [6, 6.07) is 15.0. The second kappa shape index (κ2) is 6.03. The maximum atomic E-state index is 10.6. The Morgan fingerprint density at radius 2 is 1.95 bits per heavy atom. The molecular weight excluding hydrogens is 268 g/mol. The van der Waals surface area contributed by atoms with Crippen LogP contribution in [-0.4, -0.2) is 11.5 Å². The number of nitro groups is 1. The lowest BCUT2D eigenvalue weighted by Gasteiger charge is -2.26. The first-order chi connectivity index (χ1) is 10.2. The molecule has 5 heteroatoms. The average molecular weight is 284 g/mol. The van der Waals surface area contributed by atoms with Crippen molar-refractivity contribution in [3.8, 4) is 0 Å². The van der Waals surface area contributed by atoms with Gasteiger partial charge in [0.05, 0.1) is 24.2 Å². The van der Waals surface area contributed by atoms with E-state index >= 15 is 0 Å². The summed E-state index contributed by atoms with van der Waals surface area (Å²) in [6.07, 6.45) is 0. The van der Waals surface area contributed by atoms with Crippen molar-refractivity contribution in [1.82, 2.24) is 5.32 Å². The molecule has 1 heterocycles. The average Bonchev–Trinajstić information content (AvgIpc) is 2.53. The number of nitrogens with zero attached hydrogens (tertiary/aromatic N) is 1. The number of ether oxygens (including phenoxy) is 1. The molecule has 0 radical (unpaired) electrons. The van der Waals surface area contributed by atoms with Gasteiger partial charge in [0.2, 0.25) is 0 Å². The molecule has 3 rings (SSSR count). The summed E-state index contributed by atoms with van der Waals surface area (Å²) in [6.45, 7) is 1.95. The lowest BCUT2D eigenvalue weighted by Crippen LogP contribution is -2.29. The number of nitro benzene ring substituents is 1. The molecule has 108 valence electrons. The minimum Gasteiger partial charge on any atom is -0.375 e. The molecule has 0 saturated heterocycles. The fourth-order valence-corrected chi connectivity index (χ4v) is 2.53. The lowest BCUT2D eigenvalue weighted by atomic mass is 9.99. The van der Waals surface area contributed by atoms with Crippen LogP contribution >= 0.6 is 0 Å². The highest BCUT2D eigenvalue weighted by Gasteiger charge is 2.19. The SMILES string of the molecule is O=[N+]([O-])c1ccc(CNC2COCc3ccccc32)cc1. The Morgan fingerprint density at radius 3 is 2.71 bits per heavy atom. The molecule has 2 aromatic carbocycles. The summed E-state index contributed by atoms with van der Waals surface area (Å²) in [4.78, 5) is 10.2. The van der Waals surface area contributed by atoms with E-state index in [1.807, 2.05) is 12.1 Å². The molecular formula is C16H16N2O3. The molecule has 0 spiro atoms. The molecule has 0 amide bonds. The van der Waals surface area contributed by atoms with Crippen LogP contribution in [0.5, 0.6) is 0 Å². The topological polar surface area (TPSA) is 64.4 Å². The maximum Gasteiger partial charge on any atom is 0.269 e. The van der Waals surface area contributed by atoms with Crippen LogP contribution in [0.15, 0.2) is 48.5 Å². The summed E-state index contributed by atoms with van der Waals surface area (Å²) < 4.78 is 5.60. The molecule has 1 unspecified atom stereocenters. The molecule has 2 aromatic rings. The Hall–Kier alpha value is -2.24. The van der Waals surface area contributed by atoms with Crippen LogP contribution in [0.4, 0.5) is 5.69 Å². The zero-order valence-corrected chi connectivity index (χ0v) is 11.5. The van der Waals surface area contributed by atoms with Crippen LogP contribution in [0.2, 0.25) is 0 Å². The molecule has 21 heavy (non-hydrogen) atoms. The largest absolute Gasteiger partial charge is 0.375 e. The summed E-state index contributed by atoms with van der Waals surface area (Å²) >= 11 is 0. The van der Waals surface area contributed by atoms with Crippen LogP contribution in [0.25, 0.3) is 0 Å². The van der Waals surface area contributed by atoms with Gasteiger partial charge in [0.1, 0.15) is 0 Å².